The van der Waals surface area contributed by atoms with Gasteiger partial charge < -0.3 is 5.32 Å². The normalized spacial score (nSPS) is 21.3. The molecule has 114 valence electrons. The Morgan fingerprint density at radius 2 is 1.63 bits per heavy atom. The van der Waals surface area contributed by atoms with Gasteiger partial charge in [-0.2, -0.15) is 13.2 Å². The van der Waals surface area contributed by atoms with E-state index in [0.717, 1.165) is 6.54 Å². The number of nitrogens with one attached hydrogen (secondary N) is 1. The van der Waals surface area contributed by atoms with Crippen LogP contribution in [0.2, 0.25) is 0 Å². The minimum absolute atomic E-state index is 0.244. The Labute approximate surface area is 114 Å². The van der Waals surface area contributed by atoms with Crippen LogP contribution in [-0.2, 0) is 0 Å². The van der Waals surface area contributed by atoms with Crippen LogP contribution >= 0.6 is 0 Å². The lowest BCUT2D eigenvalue weighted by molar-refractivity contribution is -0.186. The number of hydrogen-bond donors (Lipinski definition) is 1. The lowest BCUT2D eigenvalue weighted by atomic mass is 9.92. The number of hydrogen-bond acceptors (Lipinski definition) is 2. The molecule has 1 rings (SSSR count). The fourth-order valence-electron chi connectivity index (χ4n) is 2.70. The molecule has 1 aliphatic heterocycles. The van der Waals surface area contributed by atoms with E-state index in [9.17, 15) is 13.2 Å². The SMILES string of the molecule is CC(C)NCC(C(C)C)N1CCC(C(F)(F)F)CC1. The summed E-state index contributed by atoms with van der Waals surface area (Å²) < 4.78 is 38.0. The molecule has 1 heterocycles. The molecule has 5 heteroatoms. The Balaban J connectivity index is 2.50. The Morgan fingerprint density at radius 1 is 1.11 bits per heavy atom. The molecule has 0 spiro atoms. The average Bonchev–Trinajstić information content (AvgIpc) is 2.27. The summed E-state index contributed by atoms with van der Waals surface area (Å²) in [5.41, 5.74) is 0. The van der Waals surface area contributed by atoms with Crippen molar-refractivity contribution in [2.75, 3.05) is 19.6 Å². The zero-order valence-corrected chi connectivity index (χ0v) is 12.4. The van der Waals surface area contributed by atoms with Crippen molar-refractivity contribution in [2.24, 2.45) is 11.8 Å². The lowest BCUT2D eigenvalue weighted by Crippen LogP contribution is -2.51. The van der Waals surface area contributed by atoms with Crippen molar-refractivity contribution in [3.8, 4) is 0 Å². The molecule has 0 radical (unpaired) electrons. The molecule has 0 saturated carbocycles. The lowest BCUT2D eigenvalue weighted by Gasteiger charge is -2.40. The molecule has 0 aromatic carbocycles. The van der Waals surface area contributed by atoms with Crippen molar-refractivity contribution >= 4 is 0 Å². The summed E-state index contributed by atoms with van der Waals surface area (Å²) in [6, 6.07) is 0.741. The molecular weight excluding hydrogens is 253 g/mol. The zero-order chi connectivity index (χ0) is 14.6. The monoisotopic (exact) mass is 280 g/mol. The van der Waals surface area contributed by atoms with Gasteiger partial charge in [0.2, 0.25) is 0 Å². The minimum Gasteiger partial charge on any atom is -0.313 e. The molecule has 0 aromatic rings. The molecule has 1 unspecified atom stereocenters. The van der Waals surface area contributed by atoms with Gasteiger partial charge in [-0.15, -0.1) is 0 Å². The molecule has 1 aliphatic rings. The van der Waals surface area contributed by atoms with Gasteiger partial charge in [-0.1, -0.05) is 27.7 Å². The van der Waals surface area contributed by atoms with E-state index in [-0.39, 0.29) is 12.8 Å². The average molecular weight is 280 g/mol. The quantitative estimate of drug-likeness (QED) is 0.831. The molecule has 0 aromatic heterocycles. The predicted octanol–water partition coefficient (Wildman–Crippen LogP) is 3.28. The Bertz CT molecular complexity index is 256. The van der Waals surface area contributed by atoms with E-state index in [1.165, 1.54) is 0 Å². The highest BCUT2D eigenvalue weighted by atomic mass is 19.4. The number of rotatable bonds is 5. The third-order valence-electron chi connectivity index (χ3n) is 3.97. The van der Waals surface area contributed by atoms with E-state index < -0.39 is 12.1 Å². The first-order valence-electron chi connectivity index (χ1n) is 7.26. The maximum absolute atomic E-state index is 12.7. The van der Waals surface area contributed by atoms with E-state index in [4.69, 9.17) is 0 Å². The minimum atomic E-state index is -4.02. The topological polar surface area (TPSA) is 15.3 Å². The fraction of sp³-hybridized carbons (Fsp3) is 1.00. The van der Waals surface area contributed by atoms with Crippen LogP contribution in [0, 0.1) is 11.8 Å². The van der Waals surface area contributed by atoms with E-state index in [1.807, 2.05) is 0 Å². The number of piperidine rings is 1. The van der Waals surface area contributed by atoms with Gasteiger partial charge >= 0.3 is 6.18 Å². The van der Waals surface area contributed by atoms with Crippen LogP contribution in [0.1, 0.15) is 40.5 Å². The van der Waals surface area contributed by atoms with E-state index in [2.05, 4.69) is 37.9 Å². The van der Waals surface area contributed by atoms with Crippen molar-refractivity contribution in [3.63, 3.8) is 0 Å². The van der Waals surface area contributed by atoms with Crippen LogP contribution < -0.4 is 5.32 Å². The fourth-order valence-corrected chi connectivity index (χ4v) is 2.70. The van der Waals surface area contributed by atoms with Gasteiger partial charge in [0, 0.05) is 18.6 Å². The van der Waals surface area contributed by atoms with Gasteiger partial charge in [0.1, 0.15) is 0 Å². The van der Waals surface area contributed by atoms with Crippen LogP contribution in [-0.4, -0.2) is 42.8 Å². The Hall–Kier alpha value is -0.290. The third-order valence-corrected chi connectivity index (χ3v) is 3.97. The second kappa shape index (κ2) is 6.93. The van der Waals surface area contributed by atoms with Crippen molar-refractivity contribution in [1.29, 1.82) is 0 Å². The highest BCUT2D eigenvalue weighted by Crippen LogP contribution is 2.34. The van der Waals surface area contributed by atoms with Crippen molar-refractivity contribution in [1.82, 2.24) is 10.2 Å². The first-order chi connectivity index (χ1) is 8.71. The Morgan fingerprint density at radius 3 is 2.00 bits per heavy atom. The second-order valence-electron chi connectivity index (χ2n) is 6.23. The molecule has 1 saturated heterocycles. The highest BCUT2D eigenvalue weighted by molar-refractivity contribution is 4.84. The number of nitrogens with zero attached hydrogens (tertiary/aromatic N) is 1. The summed E-state index contributed by atoms with van der Waals surface area (Å²) in [7, 11) is 0. The molecular formula is C14H27F3N2. The highest BCUT2D eigenvalue weighted by Gasteiger charge is 2.42. The van der Waals surface area contributed by atoms with Crippen molar-refractivity contribution in [3.05, 3.63) is 0 Å². The van der Waals surface area contributed by atoms with E-state index in [1.54, 1.807) is 0 Å². The number of likely N-dealkylation sites (tertiary alicyclic amines) is 1. The standard InChI is InChI=1S/C14H27F3N2/c1-10(2)13(9-18-11(3)4)19-7-5-12(6-8-19)14(15,16)17/h10-13,18H,5-9H2,1-4H3. The first kappa shape index (κ1) is 16.8. The number of alkyl halides is 3. The predicted molar refractivity (Wildman–Crippen MR) is 72.1 cm³/mol. The summed E-state index contributed by atoms with van der Waals surface area (Å²) in [4.78, 5) is 2.22. The van der Waals surface area contributed by atoms with Gasteiger partial charge in [0.05, 0.1) is 5.92 Å². The summed E-state index contributed by atoms with van der Waals surface area (Å²) in [6.07, 6.45) is -3.53. The van der Waals surface area contributed by atoms with Crippen LogP contribution in [0.25, 0.3) is 0 Å². The van der Waals surface area contributed by atoms with Gasteiger partial charge in [-0.3, -0.25) is 4.90 Å². The maximum Gasteiger partial charge on any atom is 0.391 e. The zero-order valence-electron chi connectivity index (χ0n) is 12.4. The van der Waals surface area contributed by atoms with Crippen molar-refractivity contribution in [2.45, 2.75) is 58.8 Å². The molecule has 1 N–H and O–H groups in total. The van der Waals surface area contributed by atoms with Gasteiger partial charge in [-0.25, -0.2) is 0 Å². The van der Waals surface area contributed by atoms with Crippen LogP contribution in [0.4, 0.5) is 13.2 Å². The van der Waals surface area contributed by atoms with Gasteiger partial charge in [-0.05, 0) is 31.8 Å². The molecule has 0 aliphatic carbocycles. The molecule has 2 nitrogen and oxygen atoms in total. The van der Waals surface area contributed by atoms with E-state index in [0.29, 0.717) is 31.1 Å². The summed E-state index contributed by atoms with van der Waals surface area (Å²) in [5.74, 6) is -0.650. The van der Waals surface area contributed by atoms with Gasteiger partial charge in [0.15, 0.2) is 0 Å². The Kier molecular flexibility index (Phi) is 6.12. The van der Waals surface area contributed by atoms with E-state index >= 15 is 0 Å². The van der Waals surface area contributed by atoms with Crippen LogP contribution in [0.3, 0.4) is 0 Å². The largest absolute Gasteiger partial charge is 0.391 e. The number of halogens is 3. The third kappa shape index (κ3) is 5.30. The summed E-state index contributed by atoms with van der Waals surface area (Å²) in [6.45, 7) is 10.4. The van der Waals surface area contributed by atoms with Crippen LogP contribution in [0.15, 0.2) is 0 Å². The van der Waals surface area contributed by atoms with Crippen molar-refractivity contribution < 1.29 is 13.2 Å². The molecule has 0 bridgehead atoms. The van der Waals surface area contributed by atoms with Gasteiger partial charge in [0.25, 0.3) is 0 Å². The maximum atomic E-state index is 12.7. The molecule has 0 amide bonds. The summed E-state index contributed by atoms with van der Waals surface area (Å²) >= 11 is 0. The smallest absolute Gasteiger partial charge is 0.313 e. The molecule has 19 heavy (non-hydrogen) atoms. The summed E-state index contributed by atoms with van der Waals surface area (Å²) in [5, 5.41) is 3.40. The second-order valence-corrected chi connectivity index (χ2v) is 6.23. The molecule has 1 fully saturated rings. The van der Waals surface area contributed by atoms with Crippen LogP contribution in [0.5, 0.6) is 0 Å². The molecule has 1 atom stereocenters. The first-order valence-corrected chi connectivity index (χ1v) is 7.26.